The standard InChI is InChI=1S/C19H22FN3O2.CH2O2/c1-10-15-8-13(20)3-4-16(15)22-18(10)19(25)23(2)14-5-11-7-17(24)21-9-12(11)6-14;2-1-3/h3-4,8,11-12,14,22H,5-7,9H2,1-2H3,(H,21,24);1H,(H,2,3)/t11-,12+,14-;/m0./s1. The Morgan fingerprint density at radius 1 is 1.32 bits per heavy atom. The molecule has 1 saturated carbocycles. The third kappa shape index (κ3) is 3.72. The van der Waals surface area contributed by atoms with E-state index >= 15 is 0 Å². The molecule has 4 rings (SSSR count). The molecular formula is C20H24FN3O4. The largest absolute Gasteiger partial charge is 0.483 e. The number of aromatic amines is 1. The van der Waals surface area contributed by atoms with Crippen LogP contribution in [0.5, 0.6) is 0 Å². The van der Waals surface area contributed by atoms with Gasteiger partial charge in [-0.2, -0.15) is 0 Å². The van der Waals surface area contributed by atoms with Gasteiger partial charge in [0.05, 0.1) is 0 Å². The minimum atomic E-state index is -0.306. The predicted octanol–water partition coefficient (Wildman–Crippen LogP) is 2.30. The van der Waals surface area contributed by atoms with Crippen molar-refractivity contribution in [2.45, 2.75) is 32.2 Å². The summed E-state index contributed by atoms with van der Waals surface area (Å²) in [5, 5.41) is 10.6. The molecule has 3 N–H and O–H groups in total. The SMILES string of the molecule is Cc1c(C(=O)N(C)[C@H]2C[C@H]3CC(=O)NC[C@H]3C2)[nH]c2ccc(F)cc12.O=CO. The summed E-state index contributed by atoms with van der Waals surface area (Å²) in [5.41, 5.74) is 2.07. The van der Waals surface area contributed by atoms with Crippen molar-refractivity contribution in [1.29, 1.82) is 0 Å². The fourth-order valence-electron chi connectivity index (χ4n) is 4.41. The summed E-state index contributed by atoms with van der Waals surface area (Å²) in [6, 6.07) is 4.65. The van der Waals surface area contributed by atoms with Gasteiger partial charge in [0.25, 0.3) is 12.4 Å². The van der Waals surface area contributed by atoms with E-state index in [1.54, 1.807) is 11.0 Å². The molecule has 7 nitrogen and oxygen atoms in total. The summed E-state index contributed by atoms with van der Waals surface area (Å²) in [6.07, 6.45) is 2.35. The zero-order chi connectivity index (χ0) is 20.4. The van der Waals surface area contributed by atoms with Crippen molar-refractivity contribution in [3.8, 4) is 0 Å². The van der Waals surface area contributed by atoms with Crippen molar-refractivity contribution in [2.75, 3.05) is 13.6 Å². The lowest BCUT2D eigenvalue weighted by Crippen LogP contribution is -2.38. The zero-order valence-electron chi connectivity index (χ0n) is 15.9. The number of halogens is 1. The average Bonchev–Trinajstić information content (AvgIpc) is 3.22. The van der Waals surface area contributed by atoms with E-state index in [9.17, 15) is 14.0 Å². The molecule has 28 heavy (non-hydrogen) atoms. The second-order valence-electron chi connectivity index (χ2n) is 7.49. The summed E-state index contributed by atoms with van der Waals surface area (Å²) >= 11 is 0. The summed E-state index contributed by atoms with van der Waals surface area (Å²) in [6.45, 7) is 2.31. The third-order valence-corrected chi connectivity index (χ3v) is 5.93. The smallest absolute Gasteiger partial charge is 0.290 e. The van der Waals surface area contributed by atoms with Gasteiger partial charge in [-0.25, -0.2) is 4.39 Å². The van der Waals surface area contributed by atoms with Crippen LogP contribution < -0.4 is 5.32 Å². The Balaban J connectivity index is 0.000000706. The Hall–Kier alpha value is -2.90. The van der Waals surface area contributed by atoms with Crippen LogP contribution in [-0.2, 0) is 9.59 Å². The highest BCUT2D eigenvalue weighted by Gasteiger charge is 2.41. The van der Waals surface area contributed by atoms with E-state index < -0.39 is 0 Å². The highest BCUT2D eigenvalue weighted by molar-refractivity contribution is 6.01. The monoisotopic (exact) mass is 389 g/mol. The van der Waals surface area contributed by atoms with Crippen molar-refractivity contribution in [1.82, 2.24) is 15.2 Å². The van der Waals surface area contributed by atoms with E-state index in [1.165, 1.54) is 12.1 Å². The predicted molar refractivity (Wildman–Crippen MR) is 101 cm³/mol. The van der Waals surface area contributed by atoms with Crippen LogP contribution in [0.3, 0.4) is 0 Å². The van der Waals surface area contributed by atoms with Gasteiger partial charge >= 0.3 is 0 Å². The normalized spacial score (nSPS) is 23.4. The Labute approximate surface area is 161 Å². The fraction of sp³-hybridized carbons (Fsp3) is 0.450. The van der Waals surface area contributed by atoms with Gasteiger partial charge in [-0.05, 0) is 55.4 Å². The molecule has 1 aliphatic heterocycles. The van der Waals surface area contributed by atoms with Crippen molar-refractivity contribution in [3.05, 3.63) is 35.3 Å². The number of piperidine rings is 1. The lowest BCUT2D eigenvalue weighted by Gasteiger charge is -2.24. The van der Waals surface area contributed by atoms with E-state index in [1.807, 2.05) is 14.0 Å². The Morgan fingerprint density at radius 2 is 2.00 bits per heavy atom. The summed E-state index contributed by atoms with van der Waals surface area (Å²) in [4.78, 5) is 37.9. The molecule has 1 saturated heterocycles. The van der Waals surface area contributed by atoms with Crippen LogP contribution in [0, 0.1) is 24.6 Å². The molecule has 2 aromatic rings. The van der Waals surface area contributed by atoms with Crippen molar-refractivity contribution in [3.63, 3.8) is 0 Å². The number of amides is 2. The number of aromatic nitrogens is 1. The van der Waals surface area contributed by atoms with Crippen LogP contribution in [0.15, 0.2) is 18.2 Å². The summed E-state index contributed by atoms with van der Waals surface area (Å²) in [7, 11) is 1.82. The van der Waals surface area contributed by atoms with E-state index in [0.717, 1.165) is 29.3 Å². The molecule has 8 heteroatoms. The molecule has 3 atom stereocenters. The number of hydrogen-bond donors (Lipinski definition) is 3. The van der Waals surface area contributed by atoms with E-state index in [-0.39, 0.29) is 30.1 Å². The zero-order valence-corrected chi connectivity index (χ0v) is 15.9. The maximum Gasteiger partial charge on any atom is 0.290 e. The number of hydrogen-bond acceptors (Lipinski definition) is 3. The van der Waals surface area contributed by atoms with Gasteiger partial charge in [0.1, 0.15) is 11.5 Å². The summed E-state index contributed by atoms with van der Waals surface area (Å²) in [5.74, 6) is 0.558. The average molecular weight is 389 g/mol. The van der Waals surface area contributed by atoms with Crippen molar-refractivity contribution >= 4 is 29.2 Å². The first kappa shape index (κ1) is 19.9. The molecule has 0 bridgehead atoms. The molecule has 1 aromatic carbocycles. The number of carboxylic acid groups (broad SMARTS) is 1. The number of carbonyl (C=O) groups is 3. The number of nitrogens with one attached hydrogen (secondary N) is 2. The van der Waals surface area contributed by atoms with Gasteiger partial charge in [0.15, 0.2) is 0 Å². The first-order valence-corrected chi connectivity index (χ1v) is 9.25. The van der Waals surface area contributed by atoms with E-state index in [4.69, 9.17) is 9.90 Å². The Bertz CT molecular complexity index is 910. The second kappa shape index (κ2) is 8.00. The molecule has 2 heterocycles. The van der Waals surface area contributed by atoms with Gasteiger partial charge in [0.2, 0.25) is 5.91 Å². The number of aryl methyl sites for hydroxylation is 1. The maximum atomic E-state index is 13.5. The van der Waals surface area contributed by atoms with Crippen LogP contribution >= 0.6 is 0 Å². The van der Waals surface area contributed by atoms with Gasteiger partial charge in [-0.1, -0.05) is 0 Å². The lowest BCUT2D eigenvalue weighted by molar-refractivity contribution is -0.124. The van der Waals surface area contributed by atoms with Crippen LogP contribution in [0.2, 0.25) is 0 Å². The molecule has 0 spiro atoms. The van der Waals surface area contributed by atoms with Crippen LogP contribution in [-0.4, -0.2) is 52.9 Å². The van der Waals surface area contributed by atoms with Gasteiger partial charge in [-0.15, -0.1) is 0 Å². The lowest BCUT2D eigenvalue weighted by atomic mass is 9.89. The van der Waals surface area contributed by atoms with Gasteiger partial charge in [0, 0.05) is 37.0 Å². The van der Waals surface area contributed by atoms with Gasteiger partial charge in [-0.3, -0.25) is 14.4 Å². The molecule has 1 aliphatic carbocycles. The Kier molecular flexibility index (Phi) is 5.67. The van der Waals surface area contributed by atoms with Gasteiger partial charge < -0.3 is 20.3 Å². The van der Waals surface area contributed by atoms with E-state index in [2.05, 4.69) is 10.3 Å². The highest BCUT2D eigenvalue weighted by atomic mass is 19.1. The van der Waals surface area contributed by atoms with Crippen LogP contribution in [0.4, 0.5) is 4.39 Å². The first-order chi connectivity index (χ1) is 13.3. The Morgan fingerprint density at radius 3 is 2.71 bits per heavy atom. The number of rotatable bonds is 2. The number of carbonyl (C=O) groups excluding carboxylic acids is 2. The molecule has 0 unspecified atom stereocenters. The first-order valence-electron chi connectivity index (χ1n) is 9.25. The number of H-pyrrole nitrogens is 1. The van der Waals surface area contributed by atoms with E-state index in [0.29, 0.717) is 30.5 Å². The molecule has 2 fully saturated rings. The quantitative estimate of drug-likeness (QED) is 0.686. The minimum Gasteiger partial charge on any atom is -0.483 e. The summed E-state index contributed by atoms with van der Waals surface area (Å²) < 4.78 is 13.5. The second-order valence-corrected chi connectivity index (χ2v) is 7.49. The van der Waals surface area contributed by atoms with Crippen molar-refractivity contribution < 1.29 is 23.9 Å². The molecular weight excluding hydrogens is 365 g/mol. The number of nitrogens with zero attached hydrogens (tertiary/aromatic N) is 1. The minimum absolute atomic E-state index is 0.0722. The molecule has 2 amide bonds. The molecule has 1 aromatic heterocycles. The van der Waals surface area contributed by atoms with Crippen LogP contribution in [0.1, 0.15) is 35.3 Å². The molecule has 2 aliphatic rings. The van der Waals surface area contributed by atoms with Crippen molar-refractivity contribution in [2.24, 2.45) is 11.8 Å². The molecule has 150 valence electrons. The van der Waals surface area contributed by atoms with Crippen LogP contribution in [0.25, 0.3) is 10.9 Å². The number of fused-ring (bicyclic) bond motifs is 2. The topological polar surface area (TPSA) is 103 Å². The highest BCUT2D eigenvalue weighted by Crippen LogP contribution is 2.38. The molecule has 0 radical (unpaired) electrons. The number of benzene rings is 1. The third-order valence-electron chi connectivity index (χ3n) is 5.93. The fourth-order valence-corrected chi connectivity index (χ4v) is 4.41. The maximum absolute atomic E-state index is 13.5.